The second kappa shape index (κ2) is 10.8. The number of sulfone groups is 1. The SMILES string of the molecule is CC(C)(C)OC(=O)n1cc(/C(=C\Sc2ccc3ccccc3c2)S(=O)(=O)c2ccc3ccccc3c2)c2ccccc21. The molecule has 7 heteroatoms. The fraction of sp³-hybridized carbons (Fsp3) is 0.114. The third kappa shape index (κ3) is 5.45. The molecule has 6 aromatic rings. The number of fused-ring (bicyclic) bond motifs is 3. The average Bonchev–Trinajstić information content (AvgIpc) is 3.35. The maximum atomic E-state index is 14.5. The van der Waals surface area contributed by atoms with Gasteiger partial charge < -0.3 is 4.74 Å². The maximum absolute atomic E-state index is 14.5. The lowest BCUT2D eigenvalue weighted by Gasteiger charge is -2.19. The molecule has 0 saturated carbocycles. The van der Waals surface area contributed by atoms with Crippen molar-refractivity contribution in [3.63, 3.8) is 0 Å². The van der Waals surface area contributed by atoms with Crippen LogP contribution in [0.15, 0.2) is 131 Å². The summed E-state index contributed by atoms with van der Waals surface area (Å²) in [5, 5.41) is 6.27. The van der Waals surface area contributed by atoms with Gasteiger partial charge in [-0.1, -0.05) is 90.6 Å². The first kappa shape index (κ1) is 27.8. The van der Waals surface area contributed by atoms with Gasteiger partial charge >= 0.3 is 6.09 Å². The summed E-state index contributed by atoms with van der Waals surface area (Å²) in [6.07, 6.45) is 0.999. The van der Waals surface area contributed by atoms with E-state index in [1.54, 1.807) is 50.6 Å². The van der Waals surface area contributed by atoms with Crippen molar-refractivity contribution in [3.05, 3.63) is 126 Å². The molecule has 0 aliphatic rings. The summed E-state index contributed by atoms with van der Waals surface area (Å²) < 4.78 is 36.0. The molecule has 0 unspecified atom stereocenters. The van der Waals surface area contributed by atoms with E-state index in [0.29, 0.717) is 16.5 Å². The number of hydrogen-bond acceptors (Lipinski definition) is 5. The molecule has 5 nitrogen and oxygen atoms in total. The zero-order valence-electron chi connectivity index (χ0n) is 23.4. The molecule has 1 aromatic heterocycles. The van der Waals surface area contributed by atoms with Crippen molar-refractivity contribution in [2.24, 2.45) is 0 Å². The summed E-state index contributed by atoms with van der Waals surface area (Å²) in [4.78, 5) is 14.4. The van der Waals surface area contributed by atoms with Gasteiger partial charge in [-0.15, -0.1) is 0 Å². The number of nitrogens with zero attached hydrogens (tertiary/aromatic N) is 1. The molecule has 1 heterocycles. The number of carbonyl (C=O) groups excluding carboxylic acids is 1. The number of para-hydroxylation sites is 1. The van der Waals surface area contributed by atoms with Gasteiger partial charge in [0.1, 0.15) is 5.60 Å². The highest BCUT2D eigenvalue weighted by Gasteiger charge is 2.28. The van der Waals surface area contributed by atoms with Gasteiger partial charge in [0.15, 0.2) is 0 Å². The van der Waals surface area contributed by atoms with Crippen LogP contribution in [0.4, 0.5) is 4.79 Å². The van der Waals surface area contributed by atoms with Crippen LogP contribution in [0.1, 0.15) is 26.3 Å². The monoisotopic (exact) mass is 591 g/mol. The van der Waals surface area contributed by atoms with E-state index in [2.05, 4.69) is 0 Å². The van der Waals surface area contributed by atoms with Crippen molar-refractivity contribution < 1.29 is 17.9 Å². The molecule has 0 N–H and O–H groups in total. The molecule has 0 bridgehead atoms. The zero-order valence-corrected chi connectivity index (χ0v) is 25.1. The Morgan fingerprint density at radius 3 is 2.05 bits per heavy atom. The van der Waals surface area contributed by atoms with Crippen molar-refractivity contribution in [2.45, 2.75) is 36.2 Å². The quantitative estimate of drug-likeness (QED) is 0.187. The summed E-state index contributed by atoms with van der Waals surface area (Å²) in [7, 11) is -4.02. The van der Waals surface area contributed by atoms with Crippen molar-refractivity contribution in [1.82, 2.24) is 4.57 Å². The standard InChI is InChI=1S/C35H29NO4S2/c1-35(2,3)40-34(37)36-22-31(30-14-8-9-15-32(30)36)33(23-41-28-18-16-24-10-4-6-12-26(24)20-28)42(38,39)29-19-17-25-11-5-7-13-27(25)21-29/h4-23H,1-3H3/b33-23+. The van der Waals surface area contributed by atoms with E-state index in [0.717, 1.165) is 26.4 Å². The topological polar surface area (TPSA) is 65.4 Å². The Morgan fingerprint density at radius 2 is 1.36 bits per heavy atom. The molecule has 0 amide bonds. The van der Waals surface area contributed by atoms with E-state index >= 15 is 0 Å². The minimum atomic E-state index is -4.02. The Labute approximate surface area is 249 Å². The molecule has 0 spiro atoms. The Bertz CT molecular complexity index is 2120. The minimum Gasteiger partial charge on any atom is -0.443 e. The normalized spacial score (nSPS) is 12.7. The van der Waals surface area contributed by atoms with Gasteiger partial charge in [-0.05, 0) is 78.1 Å². The van der Waals surface area contributed by atoms with Crippen LogP contribution < -0.4 is 0 Å². The van der Waals surface area contributed by atoms with E-state index in [4.69, 9.17) is 4.74 Å². The predicted octanol–water partition coefficient (Wildman–Crippen LogP) is 9.30. The highest BCUT2D eigenvalue weighted by Crippen LogP contribution is 2.38. The molecule has 6 rings (SSSR count). The summed E-state index contributed by atoms with van der Waals surface area (Å²) >= 11 is 1.33. The number of carbonyl (C=O) groups is 1. The van der Waals surface area contributed by atoms with Gasteiger partial charge in [0.05, 0.1) is 15.3 Å². The average molecular weight is 592 g/mol. The van der Waals surface area contributed by atoms with Crippen LogP contribution in [0.5, 0.6) is 0 Å². The molecule has 0 atom stereocenters. The predicted molar refractivity (Wildman–Crippen MR) is 172 cm³/mol. The third-order valence-corrected chi connectivity index (χ3v) is 9.73. The fourth-order valence-electron chi connectivity index (χ4n) is 4.93. The second-order valence-corrected chi connectivity index (χ2v) is 13.9. The Balaban J connectivity index is 1.53. The first-order chi connectivity index (χ1) is 20.1. The number of rotatable bonds is 5. The molecule has 0 fully saturated rings. The summed E-state index contributed by atoms with van der Waals surface area (Å²) in [5.41, 5.74) is 0.277. The van der Waals surface area contributed by atoms with Gasteiger partial charge in [-0.3, -0.25) is 4.57 Å². The van der Waals surface area contributed by atoms with E-state index in [9.17, 15) is 13.2 Å². The van der Waals surface area contributed by atoms with Gasteiger partial charge in [0, 0.05) is 22.0 Å². The van der Waals surface area contributed by atoms with E-state index in [1.807, 2.05) is 91.0 Å². The Hall–Kier alpha value is -4.33. The molecule has 0 aliphatic heterocycles. The van der Waals surface area contributed by atoms with Gasteiger partial charge in [0.2, 0.25) is 9.84 Å². The van der Waals surface area contributed by atoms with Crippen LogP contribution in [-0.4, -0.2) is 24.7 Å². The number of hydrogen-bond donors (Lipinski definition) is 0. The first-order valence-electron chi connectivity index (χ1n) is 13.5. The second-order valence-electron chi connectivity index (χ2n) is 11.0. The summed E-state index contributed by atoms with van der Waals surface area (Å²) in [6, 6.07) is 34.2. The summed E-state index contributed by atoms with van der Waals surface area (Å²) in [6.45, 7) is 5.40. The van der Waals surface area contributed by atoms with E-state index in [-0.39, 0.29) is 9.80 Å². The molecule has 210 valence electrons. The molecular formula is C35H29NO4S2. The minimum absolute atomic E-state index is 0.106. The Morgan fingerprint density at radius 1 is 0.762 bits per heavy atom. The molecule has 0 saturated heterocycles. The van der Waals surface area contributed by atoms with Crippen LogP contribution in [0, 0.1) is 0 Å². The van der Waals surface area contributed by atoms with Crippen molar-refractivity contribution in [1.29, 1.82) is 0 Å². The van der Waals surface area contributed by atoms with Gasteiger partial charge in [-0.25, -0.2) is 13.2 Å². The van der Waals surface area contributed by atoms with Crippen LogP contribution in [-0.2, 0) is 14.6 Å². The number of ether oxygens (including phenoxy) is 1. The Kier molecular flexibility index (Phi) is 7.17. The maximum Gasteiger partial charge on any atom is 0.419 e. The lowest BCUT2D eigenvalue weighted by molar-refractivity contribution is 0.0544. The smallest absolute Gasteiger partial charge is 0.419 e. The lowest BCUT2D eigenvalue weighted by Crippen LogP contribution is -2.26. The summed E-state index contributed by atoms with van der Waals surface area (Å²) in [5.74, 6) is 0. The number of benzene rings is 5. The zero-order chi connectivity index (χ0) is 29.5. The van der Waals surface area contributed by atoms with Crippen molar-refractivity contribution in [2.75, 3.05) is 0 Å². The van der Waals surface area contributed by atoms with Crippen LogP contribution >= 0.6 is 11.8 Å². The molecule has 5 aromatic carbocycles. The lowest BCUT2D eigenvalue weighted by atomic mass is 10.1. The van der Waals surface area contributed by atoms with E-state index < -0.39 is 21.5 Å². The molecular weight excluding hydrogens is 563 g/mol. The van der Waals surface area contributed by atoms with Crippen molar-refractivity contribution >= 4 is 65.0 Å². The van der Waals surface area contributed by atoms with Crippen LogP contribution in [0.2, 0.25) is 0 Å². The third-order valence-electron chi connectivity index (χ3n) is 6.91. The van der Waals surface area contributed by atoms with E-state index in [1.165, 1.54) is 16.3 Å². The highest BCUT2D eigenvalue weighted by atomic mass is 32.2. The number of aromatic nitrogens is 1. The molecule has 42 heavy (non-hydrogen) atoms. The van der Waals surface area contributed by atoms with Crippen LogP contribution in [0.3, 0.4) is 0 Å². The fourth-order valence-corrected chi connectivity index (χ4v) is 7.53. The van der Waals surface area contributed by atoms with Gasteiger partial charge in [0.25, 0.3) is 0 Å². The molecule has 0 radical (unpaired) electrons. The highest BCUT2D eigenvalue weighted by molar-refractivity contribution is 8.05. The first-order valence-corrected chi connectivity index (χ1v) is 15.9. The largest absolute Gasteiger partial charge is 0.443 e. The van der Waals surface area contributed by atoms with Crippen molar-refractivity contribution in [3.8, 4) is 0 Å². The van der Waals surface area contributed by atoms with Gasteiger partial charge in [-0.2, -0.15) is 0 Å². The molecule has 0 aliphatic carbocycles. The van der Waals surface area contributed by atoms with Crippen LogP contribution in [0.25, 0.3) is 37.4 Å². The number of thioether (sulfide) groups is 1.